The zero-order chi connectivity index (χ0) is 19.6. The number of rotatable bonds is 6. The number of nitro benzene ring substituents is 1. The minimum absolute atomic E-state index is 0.0442. The molecular formula is C17H19N3O5S. The zero-order valence-corrected chi connectivity index (χ0v) is 15.4. The lowest BCUT2D eigenvalue weighted by Crippen LogP contribution is -2.27. The lowest BCUT2D eigenvalue weighted by atomic mass is 10.1. The topological polar surface area (TPSA) is 124 Å². The van der Waals surface area contributed by atoms with E-state index in [1.165, 1.54) is 25.2 Å². The Labute approximate surface area is 151 Å². The first-order valence-electron chi connectivity index (χ1n) is 7.64. The average Bonchev–Trinajstić information content (AvgIpc) is 2.57. The molecule has 138 valence electrons. The molecule has 0 aliphatic heterocycles. The van der Waals surface area contributed by atoms with Crippen LogP contribution in [-0.2, 0) is 16.6 Å². The Kier molecular flexibility index (Phi) is 5.43. The van der Waals surface area contributed by atoms with Crippen LogP contribution in [0.2, 0.25) is 0 Å². The van der Waals surface area contributed by atoms with E-state index >= 15 is 0 Å². The van der Waals surface area contributed by atoms with Gasteiger partial charge in [0.25, 0.3) is 5.69 Å². The van der Waals surface area contributed by atoms with E-state index in [0.29, 0.717) is 22.3 Å². The molecule has 1 amide bonds. The van der Waals surface area contributed by atoms with Gasteiger partial charge < -0.3 is 5.73 Å². The number of non-ortho nitro benzene ring substituents is 1. The molecule has 0 aromatic heterocycles. The molecule has 0 saturated heterocycles. The molecule has 0 unspecified atom stereocenters. The van der Waals surface area contributed by atoms with Crippen LogP contribution >= 0.6 is 0 Å². The summed E-state index contributed by atoms with van der Waals surface area (Å²) >= 11 is 0. The second kappa shape index (κ2) is 7.22. The number of primary amides is 1. The highest BCUT2D eigenvalue weighted by Crippen LogP contribution is 2.28. The van der Waals surface area contributed by atoms with Crippen LogP contribution in [-0.4, -0.2) is 30.6 Å². The van der Waals surface area contributed by atoms with Gasteiger partial charge in [-0.05, 0) is 42.7 Å². The van der Waals surface area contributed by atoms with Gasteiger partial charge in [0.05, 0.1) is 9.82 Å². The Hall–Kier alpha value is -2.78. The highest BCUT2D eigenvalue weighted by molar-refractivity contribution is 7.89. The summed E-state index contributed by atoms with van der Waals surface area (Å²) < 4.78 is 26.9. The van der Waals surface area contributed by atoms with E-state index in [1.807, 2.05) is 0 Å². The van der Waals surface area contributed by atoms with E-state index in [1.54, 1.807) is 26.0 Å². The first-order chi connectivity index (χ1) is 12.0. The molecule has 0 fully saturated rings. The lowest BCUT2D eigenvalue weighted by Gasteiger charge is -2.19. The number of nitrogens with two attached hydrogens (primary N) is 1. The number of nitro groups is 1. The predicted octanol–water partition coefficient (Wildman–Crippen LogP) is 2.13. The van der Waals surface area contributed by atoms with E-state index in [4.69, 9.17) is 5.73 Å². The number of benzene rings is 2. The standard InChI is InChI=1S/C17H19N3O5S/c1-11-8-15(20(22)23)9-16(12(11)2)26(24,25)19(3)10-13-4-6-14(7-5-13)17(18)21/h4-9H,10H2,1-3H3,(H2,18,21). The van der Waals surface area contributed by atoms with Gasteiger partial charge in [0, 0.05) is 31.3 Å². The largest absolute Gasteiger partial charge is 0.366 e. The fraction of sp³-hybridized carbons (Fsp3) is 0.235. The number of hydrogen-bond donors (Lipinski definition) is 1. The van der Waals surface area contributed by atoms with Gasteiger partial charge in [-0.3, -0.25) is 14.9 Å². The van der Waals surface area contributed by atoms with Crippen LogP contribution in [0.1, 0.15) is 27.0 Å². The second-order valence-corrected chi connectivity index (χ2v) is 7.98. The molecule has 0 aliphatic rings. The summed E-state index contributed by atoms with van der Waals surface area (Å²) in [5.74, 6) is -0.569. The van der Waals surface area contributed by atoms with Crippen molar-refractivity contribution >= 4 is 21.6 Å². The molecule has 2 rings (SSSR count). The fourth-order valence-electron chi connectivity index (χ4n) is 2.47. The summed E-state index contributed by atoms with van der Waals surface area (Å²) in [7, 11) is -2.54. The van der Waals surface area contributed by atoms with Crippen molar-refractivity contribution in [3.05, 3.63) is 68.8 Å². The lowest BCUT2D eigenvalue weighted by molar-refractivity contribution is -0.385. The van der Waals surface area contributed by atoms with Gasteiger partial charge in [0.15, 0.2) is 0 Å². The normalized spacial score (nSPS) is 11.5. The molecule has 2 aromatic carbocycles. The van der Waals surface area contributed by atoms with Crippen LogP contribution in [0.25, 0.3) is 0 Å². The fourth-order valence-corrected chi connectivity index (χ4v) is 3.94. The van der Waals surface area contributed by atoms with Crippen molar-refractivity contribution in [3.8, 4) is 0 Å². The summed E-state index contributed by atoms with van der Waals surface area (Å²) in [6.45, 7) is 3.29. The summed E-state index contributed by atoms with van der Waals surface area (Å²) in [6, 6.07) is 8.67. The number of hydrogen-bond acceptors (Lipinski definition) is 5. The van der Waals surface area contributed by atoms with E-state index in [0.717, 1.165) is 10.4 Å². The van der Waals surface area contributed by atoms with Crippen molar-refractivity contribution in [1.82, 2.24) is 4.31 Å². The molecule has 0 spiro atoms. The Morgan fingerprint density at radius 1 is 1.19 bits per heavy atom. The Morgan fingerprint density at radius 2 is 1.77 bits per heavy atom. The maximum absolute atomic E-state index is 12.9. The van der Waals surface area contributed by atoms with Crippen LogP contribution in [0, 0.1) is 24.0 Å². The monoisotopic (exact) mass is 377 g/mol. The average molecular weight is 377 g/mol. The molecule has 0 bridgehead atoms. The van der Waals surface area contributed by atoms with Crippen molar-refractivity contribution in [1.29, 1.82) is 0 Å². The first-order valence-corrected chi connectivity index (χ1v) is 9.08. The van der Waals surface area contributed by atoms with Gasteiger partial charge in [-0.25, -0.2) is 8.42 Å². The van der Waals surface area contributed by atoms with Crippen LogP contribution < -0.4 is 5.73 Å². The summed E-state index contributed by atoms with van der Waals surface area (Å²) in [6.07, 6.45) is 0. The molecule has 0 heterocycles. The van der Waals surface area contributed by atoms with E-state index in [-0.39, 0.29) is 17.1 Å². The smallest absolute Gasteiger partial charge is 0.271 e. The molecule has 0 saturated carbocycles. The number of aryl methyl sites for hydroxylation is 1. The third kappa shape index (κ3) is 3.89. The Bertz CT molecular complexity index is 969. The predicted molar refractivity (Wildman–Crippen MR) is 96.2 cm³/mol. The molecule has 0 aliphatic carbocycles. The van der Waals surface area contributed by atoms with Crippen molar-refractivity contribution in [2.24, 2.45) is 5.73 Å². The van der Waals surface area contributed by atoms with E-state index in [2.05, 4.69) is 0 Å². The van der Waals surface area contributed by atoms with Crippen molar-refractivity contribution in [2.75, 3.05) is 7.05 Å². The second-order valence-electron chi connectivity index (χ2n) is 5.97. The molecule has 2 aromatic rings. The molecule has 9 heteroatoms. The minimum atomic E-state index is -3.94. The molecule has 2 N–H and O–H groups in total. The van der Waals surface area contributed by atoms with Gasteiger partial charge in [0.2, 0.25) is 15.9 Å². The van der Waals surface area contributed by atoms with Gasteiger partial charge in [-0.2, -0.15) is 4.31 Å². The number of carbonyl (C=O) groups excluding carboxylic acids is 1. The SMILES string of the molecule is Cc1cc([N+](=O)[O-])cc(S(=O)(=O)N(C)Cc2ccc(C(N)=O)cc2)c1C. The van der Waals surface area contributed by atoms with Gasteiger partial charge >= 0.3 is 0 Å². The molecule has 0 atom stereocenters. The zero-order valence-electron chi connectivity index (χ0n) is 14.6. The number of amides is 1. The van der Waals surface area contributed by atoms with Gasteiger partial charge in [0.1, 0.15) is 0 Å². The third-order valence-electron chi connectivity index (χ3n) is 4.15. The molecule has 0 radical (unpaired) electrons. The van der Waals surface area contributed by atoms with Crippen LogP contribution in [0.15, 0.2) is 41.3 Å². The summed E-state index contributed by atoms with van der Waals surface area (Å²) in [5, 5.41) is 11.1. The van der Waals surface area contributed by atoms with Crippen LogP contribution in [0.5, 0.6) is 0 Å². The maximum Gasteiger partial charge on any atom is 0.271 e. The maximum atomic E-state index is 12.9. The van der Waals surface area contributed by atoms with Crippen molar-refractivity contribution in [2.45, 2.75) is 25.3 Å². The highest BCUT2D eigenvalue weighted by atomic mass is 32.2. The highest BCUT2D eigenvalue weighted by Gasteiger charge is 2.26. The van der Waals surface area contributed by atoms with Crippen molar-refractivity contribution in [3.63, 3.8) is 0 Å². The van der Waals surface area contributed by atoms with E-state index < -0.39 is 20.9 Å². The Balaban J connectivity index is 2.37. The third-order valence-corrected chi connectivity index (χ3v) is 6.08. The van der Waals surface area contributed by atoms with E-state index in [9.17, 15) is 23.3 Å². The quantitative estimate of drug-likeness (QED) is 0.610. The summed E-state index contributed by atoms with van der Waals surface area (Å²) in [4.78, 5) is 21.4. The van der Waals surface area contributed by atoms with Gasteiger partial charge in [-0.1, -0.05) is 12.1 Å². The van der Waals surface area contributed by atoms with Crippen LogP contribution in [0.4, 0.5) is 5.69 Å². The number of sulfonamides is 1. The molecule has 8 nitrogen and oxygen atoms in total. The van der Waals surface area contributed by atoms with Crippen molar-refractivity contribution < 1.29 is 18.1 Å². The molecule has 26 heavy (non-hydrogen) atoms. The molecular weight excluding hydrogens is 358 g/mol. The number of nitrogens with zero attached hydrogens (tertiary/aromatic N) is 2. The Morgan fingerprint density at radius 3 is 2.27 bits per heavy atom. The van der Waals surface area contributed by atoms with Crippen LogP contribution in [0.3, 0.4) is 0 Å². The first kappa shape index (κ1) is 19.5. The summed E-state index contributed by atoms with van der Waals surface area (Å²) in [5.41, 5.74) is 6.87. The number of carbonyl (C=O) groups is 1. The van der Waals surface area contributed by atoms with Gasteiger partial charge in [-0.15, -0.1) is 0 Å². The minimum Gasteiger partial charge on any atom is -0.366 e.